The highest BCUT2D eigenvalue weighted by Crippen LogP contribution is 2.18. The van der Waals surface area contributed by atoms with Crippen molar-refractivity contribution >= 4 is 10.2 Å². The fraction of sp³-hybridized carbons (Fsp3) is 0.250. The number of hydrogen-bond acceptors (Lipinski definition) is 6. The molecule has 0 atom stereocenters. The minimum Gasteiger partial charge on any atom is -0.295 e. The third-order valence-corrected chi connectivity index (χ3v) is 2.78. The SMILES string of the molecule is CCn1c(-c2cnccn2)nnc1S(=O)(=O)F. The van der Waals surface area contributed by atoms with Crippen LogP contribution in [0.3, 0.4) is 0 Å². The van der Waals surface area contributed by atoms with Gasteiger partial charge in [-0.05, 0) is 6.92 Å². The molecule has 0 radical (unpaired) electrons. The van der Waals surface area contributed by atoms with Crippen molar-refractivity contribution in [2.45, 2.75) is 18.6 Å². The van der Waals surface area contributed by atoms with Crippen LogP contribution in [0.15, 0.2) is 23.7 Å². The van der Waals surface area contributed by atoms with Gasteiger partial charge in [0.2, 0.25) is 0 Å². The van der Waals surface area contributed by atoms with Gasteiger partial charge in [-0.1, -0.05) is 3.89 Å². The first-order valence-corrected chi connectivity index (χ1v) is 6.06. The van der Waals surface area contributed by atoms with Crippen molar-refractivity contribution in [1.29, 1.82) is 0 Å². The Hall–Kier alpha value is -1.90. The van der Waals surface area contributed by atoms with Gasteiger partial charge in [0.1, 0.15) is 5.69 Å². The van der Waals surface area contributed by atoms with Crippen molar-refractivity contribution in [3.8, 4) is 11.5 Å². The molecule has 0 amide bonds. The third kappa shape index (κ3) is 2.13. The molecule has 0 bridgehead atoms. The van der Waals surface area contributed by atoms with Crippen molar-refractivity contribution in [1.82, 2.24) is 24.7 Å². The van der Waals surface area contributed by atoms with E-state index in [1.807, 2.05) is 0 Å². The van der Waals surface area contributed by atoms with Crippen LogP contribution < -0.4 is 0 Å². The molecule has 0 N–H and O–H groups in total. The lowest BCUT2D eigenvalue weighted by Crippen LogP contribution is -2.07. The Morgan fingerprint density at radius 3 is 2.65 bits per heavy atom. The Bertz CT molecular complexity index is 625. The zero-order valence-electron chi connectivity index (χ0n) is 8.78. The van der Waals surface area contributed by atoms with Gasteiger partial charge in [-0.15, -0.1) is 10.2 Å². The minimum atomic E-state index is -4.89. The van der Waals surface area contributed by atoms with E-state index < -0.39 is 15.4 Å². The van der Waals surface area contributed by atoms with Gasteiger partial charge < -0.3 is 0 Å². The molecule has 0 aliphatic heterocycles. The monoisotopic (exact) mass is 257 g/mol. The number of aromatic nitrogens is 5. The van der Waals surface area contributed by atoms with Crippen LogP contribution in [0.2, 0.25) is 0 Å². The van der Waals surface area contributed by atoms with Crippen LogP contribution in [0.25, 0.3) is 11.5 Å². The van der Waals surface area contributed by atoms with Crippen LogP contribution >= 0.6 is 0 Å². The summed E-state index contributed by atoms with van der Waals surface area (Å²) in [6.07, 6.45) is 4.28. The Kier molecular flexibility index (Phi) is 2.84. The van der Waals surface area contributed by atoms with Crippen molar-refractivity contribution in [2.75, 3.05) is 0 Å². The summed E-state index contributed by atoms with van der Waals surface area (Å²) in [6.45, 7) is 1.86. The summed E-state index contributed by atoms with van der Waals surface area (Å²) in [5, 5.41) is 6.21. The highest BCUT2D eigenvalue weighted by atomic mass is 32.3. The summed E-state index contributed by atoms with van der Waals surface area (Å²) in [7, 11) is -4.89. The lowest BCUT2D eigenvalue weighted by molar-refractivity contribution is 0.527. The maximum atomic E-state index is 12.9. The summed E-state index contributed by atoms with van der Waals surface area (Å²) in [5.41, 5.74) is 0.330. The van der Waals surface area contributed by atoms with E-state index in [4.69, 9.17) is 0 Å². The molecule has 0 saturated heterocycles. The molecule has 0 spiro atoms. The molecule has 2 aromatic heterocycles. The van der Waals surface area contributed by atoms with E-state index in [0.29, 0.717) is 5.69 Å². The number of halogens is 1. The fourth-order valence-electron chi connectivity index (χ4n) is 1.36. The van der Waals surface area contributed by atoms with Gasteiger partial charge in [0, 0.05) is 18.9 Å². The van der Waals surface area contributed by atoms with Crippen LogP contribution in [-0.4, -0.2) is 33.2 Å². The Labute approximate surface area is 96.6 Å². The van der Waals surface area contributed by atoms with Crippen molar-refractivity contribution < 1.29 is 12.3 Å². The first-order valence-electron chi connectivity index (χ1n) is 4.68. The molecule has 7 nitrogen and oxygen atoms in total. The van der Waals surface area contributed by atoms with E-state index >= 15 is 0 Å². The van der Waals surface area contributed by atoms with E-state index in [-0.39, 0.29) is 12.4 Å². The molecule has 2 heterocycles. The second-order valence-corrected chi connectivity index (χ2v) is 4.32. The predicted molar refractivity (Wildman–Crippen MR) is 55.0 cm³/mol. The van der Waals surface area contributed by atoms with Crippen LogP contribution in [0.5, 0.6) is 0 Å². The van der Waals surface area contributed by atoms with Gasteiger partial charge in [-0.3, -0.25) is 9.55 Å². The van der Waals surface area contributed by atoms with Crippen LogP contribution in [0, 0.1) is 0 Å². The van der Waals surface area contributed by atoms with Gasteiger partial charge in [-0.25, -0.2) is 4.98 Å². The molecule has 2 rings (SSSR count). The molecule has 0 unspecified atom stereocenters. The van der Waals surface area contributed by atoms with E-state index in [2.05, 4.69) is 20.2 Å². The lowest BCUT2D eigenvalue weighted by Gasteiger charge is -2.03. The van der Waals surface area contributed by atoms with Crippen molar-refractivity contribution in [3.63, 3.8) is 0 Å². The molecule has 9 heteroatoms. The summed E-state index contributed by atoms with van der Waals surface area (Å²) >= 11 is 0. The highest BCUT2D eigenvalue weighted by Gasteiger charge is 2.24. The zero-order chi connectivity index (χ0) is 12.5. The Balaban J connectivity index is 2.62. The molecule has 0 aromatic carbocycles. The highest BCUT2D eigenvalue weighted by molar-refractivity contribution is 7.86. The zero-order valence-corrected chi connectivity index (χ0v) is 9.59. The molecular formula is C8H8FN5O2S. The molecule has 0 saturated carbocycles. The second kappa shape index (κ2) is 4.17. The molecule has 90 valence electrons. The Morgan fingerprint density at radius 1 is 1.35 bits per heavy atom. The molecule has 17 heavy (non-hydrogen) atoms. The lowest BCUT2D eigenvalue weighted by atomic mass is 10.4. The molecule has 0 fully saturated rings. The normalized spacial score (nSPS) is 11.6. The van der Waals surface area contributed by atoms with Crippen LogP contribution in [-0.2, 0) is 16.8 Å². The Morgan fingerprint density at radius 2 is 2.12 bits per heavy atom. The molecule has 2 aromatic rings. The van der Waals surface area contributed by atoms with E-state index in [9.17, 15) is 12.3 Å². The molecule has 0 aliphatic rings. The van der Waals surface area contributed by atoms with Gasteiger partial charge >= 0.3 is 10.2 Å². The average Bonchev–Trinajstić information content (AvgIpc) is 2.73. The summed E-state index contributed by atoms with van der Waals surface area (Å²) < 4.78 is 35.7. The van der Waals surface area contributed by atoms with Gasteiger partial charge in [0.05, 0.1) is 6.20 Å². The first-order chi connectivity index (χ1) is 8.04. The van der Waals surface area contributed by atoms with E-state index in [0.717, 1.165) is 4.57 Å². The summed E-state index contributed by atoms with van der Waals surface area (Å²) in [4.78, 5) is 7.77. The topological polar surface area (TPSA) is 90.6 Å². The summed E-state index contributed by atoms with van der Waals surface area (Å²) in [6, 6.07) is 0. The van der Waals surface area contributed by atoms with Crippen LogP contribution in [0.1, 0.15) is 6.92 Å². The predicted octanol–water partition coefficient (Wildman–Crippen LogP) is 0.413. The standard InChI is InChI=1S/C8H8FN5O2S/c1-2-14-7(6-5-10-3-4-11-6)12-13-8(14)17(9,15)16/h3-5H,2H2,1H3. The van der Waals surface area contributed by atoms with E-state index in [1.165, 1.54) is 18.6 Å². The maximum absolute atomic E-state index is 12.9. The number of nitrogens with zero attached hydrogens (tertiary/aromatic N) is 5. The van der Waals surface area contributed by atoms with Gasteiger partial charge in [0.25, 0.3) is 5.16 Å². The van der Waals surface area contributed by atoms with Crippen molar-refractivity contribution in [2.24, 2.45) is 0 Å². The molecular weight excluding hydrogens is 249 g/mol. The largest absolute Gasteiger partial charge is 0.368 e. The summed E-state index contributed by atoms with van der Waals surface area (Å²) in [5.74, 6) is 0.164. The minimum absolute atomic E-state index is 0.164. The quantitative estimate of drug-likeness (QED) is 0.740. The van der Waals surface area contributed by atoms with Gasteiger partial charge in [-0.2, -0.15) is 8.42 Å². The van der Waals surface area contributed by atoms with E-state index in [1.54, 1.807) is 6.92 Å². The fourth-order valence-corrected chi connectivity index (χ4v) is 1.98. The second-order valence-electron chi connectivity index (χ2n) is 3.08. The van der Waals surface area contributed by atoms with Gasteiger partial charge in [0.15, 0.2) is 5.82 Å². The van der Waals surface area contributed by atoms with Crippen LogP contribution in [0.4, 0.5) is 3.89 Å². The third-order valence-electron chi connectivity index (χ3n) is 2.04. The smallest absolute Gasteiger partial charge is 0.295 e. The average molecular weight is 257 g/mol. The van der Waals surface area contributed by atoms with Crippen molar-refractivity contribution in [3.05, 3.63) is 18.6 Å². The number of rotatable bonds is 3. The first kappa shape index (κ1) is 11.6. The number of hydrogen-bond donors (Lipinski definition) is 0. The molecule has 0 aliphatic carbocycles. The maximum Gasteiger partial charge on any atom is 0.368 e.